The van der Waals surface area contributed by atoms with Gasteiger partial charge in [-0.1, -0.05) is 0 Å². The molecular weight excluding hydrogens is 372 g/mol. The summed E-state index contributed by atoms with van der Waals surface area (Å²) in [6.07, 6.45) is -5.32. The third-order valence-corrected chi connectivity index (χ3v) is 4.57. The molecule has 0 spiro atoms. The molecular formula is C15H22BF3N2O6. The number of hydrogen-bond donors (Lipinski definition) is 3. The molecule has 8 nitrogen and oxygen atoms in total. The second kappa shape index (κ2) is 6.38. The van der Waals surface area contributed by atoms with E-state index < -0.39 is 54.0 Å². The highest BCUT2D eigenvalue weighted by molar-refractivity contribution is 6.16. The van der Waals surface area contributed by atoms with Gasteiger partial charge in [-0.05, 0) is 33.6 Å². The Morgan fingerprint density at radius 3 is 2.30 bits per heavy atom. The van der Waals surface area contributed by atoms with Crippen molar-refractivity contribution in [2.24, 2.45) is 5.41 Å². The second-order valence-electron chi connectivity index (χ2n) is 7.84. The molecule has 3 N–H and O–H groups in total. The van der Waals surface area contributed by atoms with Crippen molar-refractivity contribution in [3.05, 3.63) is 12.3 Å². The number of carbonyl (C=O) groups excluding carboxylic acids is 1. The highest BCUT2D eigenvalue weighted by Crippen LogP contribution is 2.64. The molecule has 0 aromatic carbocycles. The Balaban J connectivity index is 2.07. The zero-order valence-electron chi connectivity index (χ0n) is 15.4. The van der Waals surface area contributed by atoms with Gasteiger partial charge in [0.15, 0.2) is 7.85 Å². The molecule has 1 heterocycles. The molecule has 1 aromatic heterocycles. The van der Waals surface area contributed by atoms with Crippen molar-refractivity contribution in [2.75, 3.05) is 6.61 Å². The summed E-state index contributed by atoms with van der Waals surface area (Å²) in [5.74, 6) is -3.48. The van der Waals surface area contributed by atoms with Crippen molar-refractivity contribution < 1.29 is 42.8 Å². The molecule has 1 aliphatic carbocycles. The number of halogens is 3. The average molecular weight is 394 g/mol. The molecule has 1 atom stereocenters. The minimum atomic E-state index is -4.81. The van der Waals surface area contributed by atoms with Crippen LogP contribution in [0.2, 0.25) is 0 Å². The van der Waals surface area contributed by atoms with Crippen LogP contribution in [0.5, 0.6) is 5.88 Å². The van der Waals surface area contributed by atoms with E-state index in [1.54, 1.807) is 20.8 Å². The van der Waals surface area contributed by atoms with Gasteiger partial charge in [0.2, 0.25) is 11.7 Å². The molecule has 1 saturated carbocycles. The molecule has 0 amide bonds. The largest absolute Gasteiger partial charge is 0.471 e. The lowest BCUT2D eigenvalue weighted by Gasteiger charge is -2.43. The molecule has 12 heteroatoms. The monoisotopic (exact) mass is 394 g/mol. The van der Waals surface area contributed by atoms with E-state index in [1.165, 1.54) is 12.3 Å². The van der Waals surface area contributed by atoms with Gasteiger partial charge in [0, 0.05) is 12.3 Å². The molecule has 0 bridgehead atoms. The molecule has 152 valence electrons. The minimum absolute atomic E-state index is 0.263. The van der Waals surface area contributed by atoms with Crippen molar-refractivity contribution in [1.82, 2.24) is 9.78 Å². The summed E-state index contributed by atoms with van der Waals surface area (Å²) in [4.78, 5) is 11.8. The average Bonchev–Trinajstić information content (AvgIpc) is 3.17. The molecule has 0 aliphatic heterocycles. The topological polar surface area (TPSA) is 114 Å². The zero-order valence-corrected chi connectivity index (χ0v) is 15.4. The van der Waals surface area contributed by atoms with Crippen LogP contribution in [0.25, 0.3) is 0 Å². The Labute approximate surface area is 154 Å². The maximum absolute atomic E-state index is 13.2. The fraction of sp³-hybridized carbons (Fsp3) is 0.733. The summed E-state index contributed by atoms with van der Waals surface area (Å²) in [5, 5.41) is 34.1. The van der Waals surface area contributed by atoms with Gasteiger partial charge in [-0.25, -0.2) is 4.79 Å². The molecule has 1 unspecified atom stereocenters. The zero-order chi connectivity index (χ0) is 20.9. The van der Waals surface area contributed by atoms with Crippen LogP contribution >= 0.6 is 0 Å². The standard InChI is InChI=1S/C15H22BF3N2O6/c1-11(2,3)27-10(22)21-7-4-9(20-21)26-8-13(23,24)14(16,25)12(5-6-12)15(17,18)19/h4,7,23-25H,5-6,8,16H2,1-3H3. The van der Waals surface area contributed by atoms with Gasteiger partial charge >= 0.3 is 12.3 Å². The summed E-state index contributed by atoms with van der Waals surface area (Å²) in [7, 11) is 0.705. The number of nitrogens with zero attached hydrogens (tertiary/aromatic N) is 2. The molecule has 0 radical (unpaired) electrons. The molecule has 1 aliphatic rings. The fourth-order valence-corrected chi connectivity index (χ4v) is 2.66. The number of ether oxygens (including phenoxy) is 2. The first-order valence-electron chi connectivity index (χ1n) is 8.18. The van der Waals surface area contributed by atoms with E-state index in [0.717, 1.165) is 4.68 Å². The van der Waals surface area contributed by atoms with Crippen LogP contribution in [0.1, 0.15) is 33.6 Å². The lowest BCUT2D eigenvalue weighted by atomic mass is 9.63. The SMILES string of the molecule is BC(O)(C(O)(O)COc1ccn(C(=O)OC(C)(C)C)n1)C1(C(F)(F)F)CC1. The van der Waals surface area contributed by atoms with Crippen molar-refractivity contribution in [3.63, 3.8) is 0 Å². The smallest absolute Gasteiger partial charge is 0.435 e. The fourth-order valence-electron chi connectivity index (χ4n) is 2.66. The summed E-state index contributed by atoms with van der Waals surface area (Å²) in [6, 6.07) is 1.19. The summed E-state index contributed by atoms with van der Waals surface area (Å²) in [5.41, 5.74) is -6.31. The Morgan fingerprint density at radius 1 is 1.30 bits per heavy atom. The van der Waals surface area contributed by atoms with Crippen LogP contribution in [0.3, 0.4) is 0 Å². The van der Waals surface area contributed by atoms with Gasteiger partial charge in [-0.15, -0.1) is 5.10 Å². The van der Waals surface area contributed by atoms with Gasteiger partial charge in [0.25, 0.3) is 0 Å². The van der Waals surface area contributed by atoms with Gasteiger partial charge in [0.05, 0.1) is 5.41 Å². The third-order valence-electron chi connectivity index (χ3n) is 4.57. The summed E-state index contributed by atoms with van der Waals surface area (Å²) in [6.45, 7) is 3.85. The lowest BCUT2D eigenvalue weighted by Crippen LogP contribution is -2.66. The van der Waals surface area contributed by atoms with E-state index in [0.29, 0.717) is 7.85 Å². The van der Waals surface area contributed by atoms with E-state index in [4.69, 9.17) is 9.47 Å². The number of aliphatic hydroxyl groups is 3. The predicted molar refractivity (Wildman–Crippen MR) is 87.7 cm³/mol. The Hall–Kier alpha value is -1.79. The highest BCUT2D eigenvalue weighted by atomic mass is 19.4. The lowest BCUT2D eigenvalue weighted by molar-refractivity contribution is -0.319. The van der Waals surface area contributed by atoms with E-state index in [1.807, 2.05) is 0 Å². The molecule has 0 saturated heterocycles. The Morgan fingerprint density at radius 2 is 1.85 bits per heavy atom. The van der Waals surface area contributed by atoms with Gasteiger partial charge < -0.3 is 24.8 Å². The van der Waals surface area contributed by atoms with Gasteiger partial charge in [-0.3, -0.25) is 0 Å². The number of aromatic nitrogens is 2. The number of alkyl halides is 3. The molecule has 1 fully saturated rings. The molecule has 27 heavy (non-hydrogen) atoms. The first kappa shape index (κ1) is 21.5. The number of rotatable bonds is 5. The normalized spacial score (nSPS) is 19.3. The third kappa shape index (κ3) is 4.07. The van der Waals surface area contributed by atoms with Crippen LogP contribution in [-0.4, -0.2) is 68.7 Å². The quantitative estimate of drug-likeness (QED) is 0.489. The number of hydrogen-bond acceptors (Lipinski definition) is 7. The maximum atomic E-state index is 13.2. The van der Waals surface area contributed by atoms with Gasteiger partial charge in [0.1, 0.15) is 17.7 Å². The van der Waals surface area contributed by atoms with Crippen molar-refractivity contribution in [1.29, 1.82) is 0 Å². The number of carbonyl (C=O) groups is 1. The van der Waals surface area contributed by atoms with Crippen LogP contribution in [0.4, 0.5) is 18.0 Å². The Kier molecular flexibility index (Phi) is 5.09. The minimum Gasteiger partial charge on any atom is -0.471 e. The van der Waals surface area contributed by atoms with Crippen LogP contribution in [-0.2, 0) is 4.74 Å². The second-order valence-corrected chi connectivity index (χ2v) is 7.84. The van der Waals surface area contributed by atoms with Crippen molar-refractivity contribution >= 4 is 13.9 Å². The summed E-state index contributed by atoms with van der Waals surface area (Å²) >= 11 is 0. The van der Waals surface area contributed by atoms with E-state index in [-0.39, 0.29) is 5.88 Å². The van der Waals surface area contributed by atoms with Crippen LogP contribution in [0.15, 0.2) is 12.3 Å². The van der Waals surface area contributed by atoms with Crippen molar-refractivity contribution in [2.45, 2.75) is 56.7 Å². The van der Waals surface area contributed by atoms with Crippen LogP contribution in [0, 0.1) is 5.41 Å². The maximum Gasteiger partial charge on any atom is 0.435 e. The predicted octanol–water partition coefficient (Wildman–Crippen LogP) is 0.390. The molecule has 2 rings (SSSR count). The Bertz CT molecular complexity index is 707. The highest BCUT2D eigenvalue weighted by Gasteiger charge is 2.76. The first-order valence-corrected chi connectivity index (χ1v) is 8.18. The van der Waals surface area contributed by atoms with E-state index in [2.05, 4.69) is 5.10 Å². The van der Waals surface area contributed by atoms with Crippen LogP contribution < -0.4 is 4.74 Å². The summed E-state index contributed by atoms with van der Waals surface area (Å²) < 4.78 is 50.5. The van der Waals surface area contributed by atoms with Gasteiger partial charge in [-0.2, -0.15) is 17.9 Å². The van der Waals surface area contributed by atoms with E-state index in [9.17, 15) is 33.3 Å². The van der Waals surface area contributed by atoms with Crippen molar-refractivity contribution in [3.8, 4) is 5.88 Å². The van der Waals surface area contributed by atoms with E-state index >= 15 is 0 Å². The first-order chi connectivity index (χ1) is 12.0. The molecule has 1 aromatic rings.